The first-order chi connectivity index (χ1) is 8.78. The van der Waals surface area contributed by atoms with E-state index in [1.807, 2.05) is 0 Å². The number of benzene rings is 1. The molecular formula is C15H20BrNO. The van der Waals surface area contributed by atoms with Crippen LogP contribution in [0, 0.1) is 0 Å². The van der Waals surface area contributed by atoms with Gasteiger partial charge in [-0.15, -0.1) is 0 Å². The highest BCUT2D eigenvalue weighted by molar-refractivity contribution is 9.10. The maximum absolute atomic E-state index is 5.61. The predicted molar refractivity (Wildman–Crippen MR) is 76.8 cm³/mol. The van der Waals surface area contributed by atoms with Gasteiger partial charge in [-0.3, -0.25) is 0 Å². The van der Waals surface area contributed by atoms with Gasteiger partial charge in [-0.05, 0) is 49.8 Å². The van der Waals surface area contributed by atoms with Crippen LogP contribution in [0.2, 0.25) is 0 Å². The monoisotopic (exact) mass is 309 g/mol. The van der Waals surface area contributed by atoms with Gasteiger partial charge in [0, 0.05) is 23.2 Å². The Bertz CT molecular complexity index is 429. The second kappa shape index (κ2) is 5.32. The first-order valence-electron chi connectivity index (χ1n) is 6.93. The van der Waals surface area contributed by atoms with Crippen LogP contribution in [0.5, 0.6) is 0 Å². The fraction of sp³-hybridized carbons (Fsp3) is 0.600. The summed E-state index contributed by atoms with van der Waals surface area (Å²) in [5.74, 6) is 0. The third kappa shape index (κ3) is 2.36. The standard InChI is InChI=1S/C15H20BrNO/c1-2-18-11-8-10(9-11)17-15-7-6-12-13(15)4-3-5-14(12)16/h3-5,10-11,15,17H,2,6-9H2,1H3. The van der Waals surface area contributed by atoms with Crippen molar-refractivity contribution < 1.29 is 4.74 Å². The van der Waals surface area contributed by atoms with Crippen LogP contribution in [0.15, 0.2) is 22.7 Å². The molecule has 0 aromatic heterocycles. The Morgan fingerprint density at radius 3 is 3.00 bits per heavy atom. The van der Waals surface area contributed by atoms with Crippen LogP contribution in [0.1, 0.15) is 43.4 Å². The summed E-state index contributed by atoms with van der Waals surface area (Å²) in [6, 6.07) is 7.76. The molecule has 0 amide bonds. The molecule has 1 unspecified atom stereocenters. The molecule has 2 aliphatic rings. The summed E-state index contributed by atoms with van der Waals surface area (Å²) >= 11 is 3.65. The van der Waals surface area contributed by atoms with Gasteiger partial charge in [-0.25, -0.2) is 0 Å². The van der Waals surface area contributed by atoms with Gasteiger partial charge in [-0.1, -0.05) is 28.1 Å². The van der Waals surface area contributed by atoms with Crippen LogP contribution in [-0.2, 0) is 11.2 Å². The number of rotatable bonds is 4. The number of halogens is 1. The lowest BCUT2D eigenvalue weighted by Crippen LogP contribution is -2.46. The van der Waals surface area contributed by atoms with Crippen molar-refractivity contribution in [2.75, 3.05) is 6.61 Å². The van der Waals surface area contributed by atoms with Gasteiger partial charge in [0.05, 0.1) is 6.10 Å². The first kappa shape index (κ1) is 12.6. The summed E-state index contributed by atoms with van der Waals surface area (Å²) in [5.41, 5.74) is 2.99. The summed E-state index contributed by atoms with van der Waals surface area (Å²) in [7, 11) is 0. The quantitative estimate of drug-likeness (QED) is 0.917. The molecule has 2 nitrogen and oxygen atoms in total. The summed E-state index contributed by atoms with van der Waals surface area (Å²) in [4.78, 5) is 0. The Morgan fingerprint density at radius 1 is 1.39 bits per heavy atom. The van der Waals surface area contributed by atoms with Crippen molar-refractivity contribution in [2.24, 2.45) is 0 Å². The zero-order valence-electron chi connectivity index (χ0n) is 10.8. The molecule has 1 N–H and O–H groups in total. The highest BCUT2D eigenvalue weighted by Crippen LogP contribution is 2.37. The molecule has 0 spiro atoms. The fourth-order valence-corrected chi connectivity index (χ4v) is 3.72. The highest BCUT2D eigenvalue weighted by Gasteiger charge is 2.33. The van der Waals surface area contributed by atoms with E-state index >= 15 is 0 Å². The van der Waals surface area contributed by atoms with Crippen LogP contribution >= 0.6 is 15.9 Å². The number of fused-ring (bicyclic) bond motifs is 1. The molecule has 3 heteroatoms. The van der Waals surface area contributed by atoms with E-state index in [4.69, 9.17) is 4.74 Å². The highest BCUT2D eigenvalue weighted by atomic mass is 79.9. The van der Waals surface area contributed by atoms with Crippen molar-refractivity contribution in [1.29, 1.82) is 0 Å². The minimum atomic E-state index is 0.496. The maximum atomic E-state index is 5.61. The Balaban J connectivity index is 1.59. The lowest BCUT2D eigenvalue weighted by atomic mass is 9.88. The molecule has 0 heterocycles. The van der Waals surface area contributed by atoms with Gasteiger partial charge in [0.15, 0.2) is 0 Å². The topological polar surface area (TPSA) is 21.3 Å². The molecule has 18 heavy (non-hydrogen) atoms. The predicted octanol–water partition coefficient (Wildman–Crippen LogP) is 3.59. The lowest BCUT2D eigenvalue weighted by molar-refractivity contribution is -0.0124. The first-order valence-corrected chi connectivity index (χ1v) is 7.72. The van der Waals surface area contributed by atoms with Crippen LogP contribution in [0.4, 0.5) is 0 Å². The number of hydrogen-bond donors (Lipinski definition) is 1. The van der Waals surface area contributed by atoms with Crippen molar-refractivity contribution in [3.63, 3.8) is 0 Å². The SMILES string of the molecule is CCOC1CC(NC2CCc3c(Br)cccc32)C1. The Hall–Kier alpha value is -0.380. The van der Waals surface area contributed by atoms with Crippen molar-refractivity contribution in [3.05, 3.63) is 33.8 Å². The number of nitrogens with one attached hydrogen (secondary N) is 1. The van der Waals surface area contributed by atoms with E-state index in [9.17, 15) is 0 Å². The molecule has 1 atom stereocenters. The van der Waals surface area contributed by atoms with Gasteiger partial charge in [0.2, 0.25) is 0 Å². The van der Waals surface area contributed by atoms with E-state index in [0.717, 1.165) is 6.61 Å². The van der Waals surface area contributed by atoms with Crippen molar-refractivity contribution in [2.45, 2.75) is 50.8 Å². The van der Waals surface area contributed by atoms with Gasteiger partial charge >= 0.3 is 0 Å². The van der Waals surface area contributed by atoms with Crippen LogP contribution < -0.4 is 5.32 Å². The summed E-state index contributed by atoms with van der Waals surface area (Å²) in [6.07, 6.45) is 5.27. The fourth-order valence-electron chi connectivity index (χ4n) is 3.14. The number of ether oxygens (including phenoxy) is 1. The van der Waals surface area contributed by atoms with Crippen molar-refractivity contribution in [3.8, 4) is 0 Å². The molecule has 1 aromatic carbocycles. The van der Waals surface area contributed by atoms with Gasteiger partial charge in [0.1, 0.15) is 0 Å². The number of hydrogen-bond acceptors (Lipinski definition) is 2. The Kier molecular flexibility index (Phi) is 3.73. The second-order valence-electron chi connectivity index (χ2n) is 5.31. The van der Waals surface area contributed by atoms with Crippen LogP contribution in [0.25, 0.3) is 0 Å². The van der Waals surface area contributed by atoms with Gasteiger partial charge < -0.3 is 10.1 Å². The van der Waals surface area contributed by atoms with E-state index in [-0.39, 0.29) is 0 Å². The molecule has 0 aliphatic heterocycles. The minimum absolute atomic E-state index is 0.496. The third-order valence-corrected chi connectivity index (χ3v) is 4.89. The molecule has 1 saturated carbocycles. The van der Waals surface area contributed by atoms with E-state index < -0.39 is 0 Å². The zero-order chi connectivity index (χ0) is 12.5. The normalized spacial score (nSPS) is 30.0. The zero-order valence-corrected chi connectivity index (χ0v) is 12.4. The minimum Gasteiger partial charge on any atom is -0.378 e. The molecule has 2 aliphatic carbocycles. The van der Waals surface area contributed by atoms with Crippen LogP contribution in [-0.4, -0.2) is 18.8 Å². The molecular weight excluding hydrogens is 290 g/mol. The lowest BCUT2D eigenvalue weighted by Gasteiger charge is -2.37. The van der Waals surface area contributed by atoms with Gasteiger partial charge in [-0.2, -0.15) is 0 Å². The average Bonchev–Trinajstić information content (AvgIpc) is 2.71. The van der Waals surface area contributed by atoms with E-state index in [2.05, 4.69) is 46.4 Å². The largest absolute Gasteiger partial charge is 0.378 e. The summed E-state index contributed by atoms with van der Waals surface area (Å²) in [5, 5.41) is 3.79. The molecule has 0 radical (unpaired) electrons. The molecule has 0 bridgehead atoms. The second-order valence-corrected chi connectivity index (χ2v) is 6.17. The average molecular weight is 310 g/mol. The van der Waals surface area contributed by atoms with E-state index in [0.29, 0.717) is 18.2 Å². The van der Waals surface area contributed by atoms with Crippen molar-refractivity contribution >= 4 is 15.9 Å². The van der Waals surface area contributed by atoms with E-state index in [1.54, 1.807) is 0 Å². The maximum Gasteiger partial charge on any atom is 0.0604 e. The smallest absolute Gasteiger partial charge is 0.0604 e. The molecule has 0 saturated heterocycles. The molecule has 3 rings (SSSR count). The van der Waals surface area contributed by atoms with Crippen LogP contribution in [0.3, 0.4) is 0 Å². The molecule has 98 valence electrons. The van der Waals surface area contributed by atoms with Crippen molar-refractivity contribution in [1.82, 2.24) is 5.32 Å². The Morgan fingerprint density at radius 2 is 2.22 bits per heavy atom. The van der Waals surface area contributed by atoms with E-state index in [1.165, 1.54) is 41.3 Å². The Labute approximate surface area is 117 Å². The third-order valence-electron chi connectivity index (χ3n) is 4.15. The summed E-state index contributed by atoms with van der Waals surface area (Å²) in [6.45, 7) is 2.92. The van der Waals surface area contributed by atoms with Gasteiger partial charge in [0.25, 0.3) is 0 Å². The molecule has 1 aromatic rings. The molecule has 1 fully saturated rings. The summed E-state index contributed by atoms with van der Waals surface area (Å²) < 4.78 is 6.88.